The van der Waals surface area contributed by atoms with Gasteiger partial charge in [0.25, 0.3) is 0 Å². The number of hydrogen-bond acceptors (Lipinski definition) is 5. The molecule has 8 heteroatoms. The Labute approximate surface area is 188 Å². The predicted molar refractivity (Wildman–Crippen MR) is 122 cm³/mol. The van der Waals surface area contributed by atoms with Gasteiger partial charge in [-0.1, -0.05) is 60.7 Å². The van der Waals surface area contributed by atoms with Gasteiger partial charge in [0, 0.05) is 12.6 Å². The molecule has 0 radical (unpaired) electrons. The predicted octanol–water partition coefficient (Wildman–Crippen LogP) is 2.91. The maximum absolute atomic E-state index is 13.1. The first-order valence-corrected chi connectivity index (χ1v) is 11.5. The molecule has 0 heterocycles. The smallest absolute Gasteiger partial charge is 0.241 e. The molecule has 0 saturated carbocycles. The average molecular weight is 455 g/mol. The molecule has 0 spiro atoms. The topological polar surface area (TPSA) is 93.7 Å². The SMILES string of the molecule is COc1ccc(S(=O)(=O)N[C@@H](Cc2ccccc2)C(=O)NCc2ccccc2)cc1OC. The van der Waals surface area contributed by atoms with Crippen molar-refractivity contribution in [2.45, 2.75) is 23.9 Å². The van der Waals surface area contributed by atoms with Crippen LogP contribution in [-0.2, 0) is 27.8 Å². The van der Waals surface area contributed by atoms with Crippen LogP contribution in [0.15, 0.2) is 83.8 Å². The van der Waals surface area contributed by atoms with Crippen LogP contribution >= 0.6 is 0 Å². The molecule has 0 aliphatic rings. The molecule has 168 valence electrons. The molecule has 0 aliphatic heterocycles. The van der Waals surface area contributed by atoms with Gasteiger partial charge in [0.2, 0.25) is 15.9 Å². The highest BCUT2D eigenvalue weighted by Gasteiger charge is 2.27. The lowest BCUT2D eigenvalue weighted by molar-refractivity contribution is -0.122. The van der Waals surface area contributed by atoms with Crippen LogP contribution in [-0.4, -0.2) is 34.6 Å². The first-order valence-electron chi connectivity index (χ1n) is 10.0. The fourth-order valence-corrected chi connectivity index (χ4v) is 4.40. The van der Waals surface area contributed by atoms with Crippen LogP contribution in [0.2, 0.25) is 0 Å². The Morgan fingerprint density at radius 1 is 0.844 bits per heavy atom. The number of benzene rings is 3. The molecule has 0 aliphatic carbocycles. The molecule has 0 bridgehead atoms. The van der Waals surface area contributed by atoms with Crippen LogP contribution < -0.4 is 19.5 Å². The fraction of sp³-hybridized carbons (Fsp3) is 0.208. The van der Waals surface area contributed by atoms with Gasteiger partial charge in [0.1, 0.15) is 6.04 Å². The van der Waals surface area contributed by atoms with E-state index in [0.29, 0.717) is 12.3 Å². The Hall–Kier alpha value is -3.36. The van der Waals surface area contributed by atoms with Crippen LogP contribution in [0.5, 0.6) is 11.5 Å². The van der Waals surface area contributed by atoms with Crippen molar-refractivity contribution in [2.75, 3.05) is 14.2 Å². The molecule has 2 N–H and O–H groups in total. The summed E-state index contributed by atoms with van der Waals surface area (Å²) in [6.45, 7) is 0.295. The molecule has 0 fully saturated rings. The lowest BCUT2D eigenvalue weighted by Gasteiger charge is -2.19. The Balaban J connectivity index is 1.83. The molecule has 1 atom stereocenters. The number of nitrogens with one attached hydrogen (secondary N) is 2. The second-order valence-electron chi connectivity index (χ2n) is 7.08. The van der Waals surface area contributed by atoms with Gasteiger partial charge in [-0.05, 0) is 29.7 Å². The Bertz CT molecular complexity index is 1140. The van der Waals surface area contributed by atoms with Crippen molar-refractivity contribution in [3.05, 3.63) is 90.0 Å². The molecule has 0 unspecified atom stereocenters. The quantitative estimate of drug-likeness (QED) is 0.491. The van der Waals surface area contributed by atoms with Crippen LogP contribution in [0, 0.1) is 0 Å². The molecule has 3 aromatic carbocycles. The highest BCUT2D eigenvalue weighted by atomic mass is 32.2. The third-order valence-corrected chi connectivity index (χ3v) is 6.34. The summed E-state index contributed by atoms with van der Waals surface area (Å²) in [6.07, 6.45) is 0.202. The molecule has 1 amide bonds. The van der Waals surface area contributed by atoms with Gasteiger partial charge < -0.3 is 14.8 Å². The van der Waals surface area contributed by atoms with Crippen LogP contribution in [0.3, 0.4) is 0 Å². The van der Waals surface area contributed by atoms with E-state index in [4.69, 9.17) is 9.47 Å². The van der Waals surface area contributed by atoms with E-state index in [0.717, 1.165) is 11.1 Å². The summed E-state index contributed by atoms with van der Waals surface area (Å²) in [5.41, 5.74) is 1.75. The van der Waals surface area contributed by atoms with E-state index in [1.54, 1.807) is 0 Å². The van der Waals surface area contributed by atoms with E-state index >= 15 is 0 Å². The number of carbonyl (C=O) groups excluding carboxylic acids is 1. The zero-order chi connectivity index (χ0) is 23.0. The lowest BCUT2D eigenvalue weighted by Crippen LogP contribution is -2.47. The normalized spacial score (nSPS) is 12.1. The van der Waals surface area contributed by atoms with Crippen molar-refractivity contribution in [1.82, 2.24) is 10.0 Å². The largest absolute Gasteiger partial charge is 0.493 e. The van der Waals surface area contributed by atoms with E-state index in [1.807, 2.05) is 60.7 Å². The monoisotopic (exact) mass is 454 g/mol. The Morgan fingerprint density at radius 2 is 1.44 bits per heavy atom. The average Bonchev–Trinajstić information content (AvgIpc) is 2.82. The highest BCUT2D eigenvalue weighted by molar-refractivity contribution is 7.89. The summed E-state index contributed by atoms with van der Waals surface area (Å²) in [5, 5.41) is 2.82. The van der Waals surface area contributed by atoms with E-state index in [1.165, 1.54) is 32.4 Å². The summed E-state index contributed by atoms with van der Waals surface area (Å²) in [4.78, 5) is 12.9. The summed E-state index contributed by atoms with van der Waals surface area (Å²) < 4.78 is 39.1. The Morgan fingerprint density at radius 3 is 2.03 bits per heavy atom. The molecule has 0 aromatic heterocycles. The minimum atomic E-state index is -4.01. The van der Waals surface area contributed by atoms with Crippen molar-refractivity contribution in [3.63, 3.8) is 0 Å². The number of methoxy groups -OCH3 is 2. The van der Waals surface area contributed by atoms with E-state index in [2.05, 4.69) is 10.0 Å². The zero-order valence-corrected chi connectivity index (χ0v) is 18.8. The first kappa shape index (κ1) is 23.3. The van der Waals surface area contributed by atoms with E-state index in [9.17, 15) is 13.2 Å². The van der Waals surface area contributed by atoms with Gasteiger partial charge in [-0.15, -0.1) is 0 Å². The molecular formula is C24H26N2O5S. The van der Waals surface area contributed by atoms with E-state index in [-0.39, 0.29) is 17.1 Å². The number of sulfonamides is 1. The van der Waals surface area contributed by atoms with Gasteiger partial charge in [-0.2, -0.15) is 4.72 Å². The minimum absolute atomic E-state index is 0.0240. The second-order valence-corrected chi connectivity index (χ2v) is 8.80. The molecule has 3 aromatic rings. The number of rotatable bonds is 10. The molecule has 7 nitrogen and oxygen atoms in total. The summed E-state index contributed by atoms with van der Waals surface area (Å²) >= 11 is 0. The molecule has 0 saturated heterocycles. The van der Waals surface area contributed by atoms with Crippen molar-refractivity contribution < 1.29 is 22.7 Å². The van der Waals surface area contributed by atoms with Crippen molar-refractivity contribution in [2.24, 2.45) is 0 Å². The maximum Gasteiger partial charge on any atom is 0.241 e. The van der Waals surface area contributed by atoms with Crippen LogP contribution in [0.1, 0.15) is 11.1 Å². The van der Waals surface area contributed by atoms with Crippen LogP contribution in [0.4, 0.5) is 0 Å². The summed E-state index contributed by atoms with van der Waals surface area (Å²) in [5.74, 6) is 0.276. The zero-order valence-electron chi connectivity index (χ0n) is 17.9. The minimum Gasteiger partial charge on any atom is -0.493 e. The number of carbonyl (C=O) groups is 1. The number of hydrogen-bond donors (Lipinski definition) is 2. The summed E-state index contributed by atoms with van der Waals surface area (Å²) in [6, 6.07) is 22.0. The number of amides is 1. The van der Waals surface area contributed by atoms with Crippen molar-refractivity contribution >= 4 is 15.9 Å². The molecular weight excluding hydrogens is 428 g/mol. The standard InChI is InChI=1S/C24H26N2O5S/c1-30-22-14-13-20(16-23(22)31-2)32(28,29)26-21(15-18-9-5-3-6-10-18)24(27)25-17-19-11-7-4-8-12-19/h3-14,16,21,26H,15,17H2,1-2H3,(H,25,27)/t21-/m0/s1. The first-order chi connectivity index (χ1) is 15.4. The van der Waals surface area contributed by atoms with Crippen molar-refractivity contribution in [3.8, 4) is 11.5 Å². The molecule has 3 rings (SSSR count). The van der Waals surface area contributed by atoms with Gasteiger partial charge in [0.15, 0.2) is 11.5 Å². The van der Waals surface area contributed by atoms with Gasteiger partial charge in [-0.3, -0.25) is 4.79 Å². The number of ether oxygens (including phenoxy) is 2. The fourth-order valence-electron chi connectivity index (χ4n) is 3.18. The van der Waals surface area contributed by atoms with Gasteiger partial charge >= 0.3 is 0 Å². The van der Waals surface area contributed by atoms with Crippen LogP contribution in [0.25, 0.3) is 0 Å². The van der Waals surface area contributed by atoms with Gasteiger partial charge in [0.05, 0.1) is 19.1 Å². The third kappa shape index (κ3) is 6.09. The lowest BCUT2D eigenvalue weighted by atomic mass is 10.1. The van der Waals surface area contributed by atoms with E-state index < -0.39 is 22.0 Å². The highest BCUT2D eigenvalue weighted by Crippen LogP contribution is 2.29. The molecule has 32 heavy (non-hydrogen) atoms. The van der Waals surface area contributed by atoms with Crippen molar-refractivity contribution in [1.29, 1.82) is 0 Å². The summed E-state index contributed by atoms with van der Waals surface area (Å²) in [7, 11) is -1.11. The maximum atomic E-state index is 13.1. The van der Waals surface area contributed by atoms with Gasteiger partial charge in [-0.25, -0.2) is 8.42 Å². The Kier molecular flexibility index (Phi) is 7.86. The third-order valence-electron chi connectivity index (χ3n) is 4.87. The second kappa shape index (κ2) is 10.8.